The molecule has 0 saturated carbocycles. The average Bonchev–Trinajstić information content (AvgIpc) is 2.34. The number of halogens is 2. The third kappa shape index (κ3) is 2.89. The van der Waals surface area contributed by atoms with E-state index in [2.05, 4.69) is 20.3 Å². The molecule has 0 aromatic carbocycles. The topological polar surface area (TPSA) is 67.8 Å². The van der Waals surface area contributed by atoms with Crippen LogP contribution in [0.15, 0.2) is 30.9 Å². The zero-order valence-electron chi connectivity index (χ0n) is 8.39. The summed E-state index contributed by atoms with van der Waals surface area (Å²) in [7, 11) is 0. The first-order valence-corrected chi connectivity index (χ1v) is 5.31. The van der Waals surface area contributed by atoms with Gasteiger partial charge in [0.1, 0.15) is 5.15 Å². The molecule has 17 heavy (non-hydrogen) atoms. The largest absolute Gasteiger partial charge is 0.305 e. The van der Waals surface area contributed by atoms with Gasteiger partial charge in [0.05, 0.1) is 16.8 Å². The van der Waals surface area contributed by atoms with Gasteiger partial charge in [-0.15, -0.1) is 0 Å². The van der Waals surface area contributed by atoms with Gasteiger partial charge in [0.25, 0.3) is 5.91 Å². The molecule has 0 atom stereocenters. The Hall–Kier alpha value is -1.72. The molecule has 86 valence electrons. The van der Waals surface area contributed by atoms with Crippen molar-refractivity contribution in [3.05, 3.63) is 46.6 Å². The maximum atomic E-state index is 11.8. The number of rotatable bonds is 2. The molecule has 0 saturated heterocycles. The highest BCUT2D eigenvalue weighted by Crippen LogP contribution is 2.20. The molecule has 2 aromatic rings. The van der Waals surface area contributed by atoms with Crippen molar-refractivity contribution in [3.63, 3.8) is 0 Å². The molecule has 0 fully saturated rings. The molecule has 1 amide bonds. The van der Waals surface area contributed by atoms with Crippen molar-refractivity contribution in [3.8, 4) is 0 Å². The Balaban J connectivity index is 2.18. The Kier molecular flexibility index (Phi) is 3.51. The second-order valence-corrected chi connectivity index (χ2v) is 3.81. The van der Waals surface area contributed by atoms with Gasteiger partial charge in [0.2, 0.25) is 0 Å². The van der Waals surface area contributed by atoms with Gasteiger partial charge in [-0.25, -0.2) is 9.97 Å². The average molecular weight is 269 g/mol. The summed E-state index contributed by atoms with van der Waals surface area (Å²) in [6.07, 6.45) is 5.75. The van der Waals surface area contributed by atoms with E-state index in [1.807, 2.05) is 0 Å². The second-order valence-electron chi connectivity index (χ2n) is 3.04. The van der Waals surface area contributed by atoms with Crippen LogP contribution < -0.4 is 5.32 Å². The van der Waals surface area contributed by atoms with Crippen molar-refractivity contribution in [2.75, 3.05) is 5.32 Å². The minimum absolute atomic E-state index is 0.155. The summed E-state index contributed by atoms with van der Waals surface area (Å²) >= 11 is 11.4. The Bertz CT molecular complexity index is 547. The van der Waals surface area contributed by atoms with Gasteiger partial charge in [-0.1, -0.05) is 23.2 Å². The molecule has 0 spiro atoms. The SMILES string of the molecule is O=C(Nc1cnccn1)c1cnc(Cl)c(Cl)c1. The summed E-state index contributed by atoms with van der Waals surface area (Å²) in [5, 5.41) is 2.93. The van der Waals surface area contributed by atoms with Gasteiger partial charge < -0.3 is 5.32 Å². The molecule has 1 N–H and O–H groups in total. The highest BCUT2D eigenvalue weighted by atomic mass is 35.5. The zero-order chi connectivity index (χ0) is 12.3. The number of hydrogen-bond acceptors (Lipinski definition) is 4. The highest BCUT2D eigenvalue weighted by molar-refractivity contribution is 6.41. The lowest BCUT2D eigenvalue weighted by atomic mass is 10.3. The number of aromatic nitrogens is 3. The quantitative estimate of drug-likeness (QED) is 0.850. The maximum Gasteiger partial charge on any atom is 0.258 e. The molecular formula is C10H6Cl2N4O. The lowest BCUT2D eigenvalue weighted by Gasteiger charge is -2.03. The minimum atomic E-state index is -0.378. The van der Waals surface area contributed by atoms with E-state index in [4.69, 9.17) is 23.2 Å². The van der Waals surface area contributed by atoms with E-state index in [9.17, 15) is 4.79 Å². The molecule has 0 bridgehead atoms. The molecule has 5 nitrogen and oxygen atoms in total. The first kappa shape index (κ1) is 11.8. The second kappa shape index (κ2) is 5.07. The summed E-state index contributed by atoms with van der Waals surface area (Å²) < 4.78 is 0. The van der Waals surface area contributed by atoms with E-state index in [0.717, 1.165) is 0 Å². The van der Waals surface area contributed by atoms with Crippen molar-refractivity contribution in [1.29, 1.82) is 0 Å². The first-order valence-electron chi connectivity index (χ1n) is 4.55. The molecule has 0 unspecified atom stereocenters. The molecule has 0 aliphatic carbocycles. The normalized spacial score (nSPS) is 10.0. The minimum Gasteiger partial charge on any atom is -0.305 e. The molecule has 0 aliphatic rings. The monoisotopic (exact) mass is 268 g/mol. The summed E-state index contributed by atoms with van der Waals surface area (Å²) in [5.74, 6) is -0.0276. The van der Waals surface area contributed by atoms with E-state index in [1.165, 1.54) is 30.9 Å². The summed E-state index contributed by atoms with van der Waals surface area (Å²) in [4.78, 5) is 23.3. The van der Waals surface area contributed by atoms with Crippen LogP contribution in [0.3, 0.4) is 0 Å². The number of amides is 1. The fourth-order valence-corrected chi connectivity index (χ4v) is 1.37. The summed E-state index contributed by atoms with van der Waals surface area (Å²) in [6, 6.07) is 1.43. The van der Waals surface area contributed by atoms with Crippen molar-refractivity contribution >= 4 is 34.9 Å². The standard InChI is InChI=1S/C10H6Cl2N4O/c11-7-3-6(4-15-9(7)12)10(17)16-8-5-13-1-2-14-8/h1-5H,(H,14,16,17). The first-order chi connectivity index (χ1) is 8.16. The van der Waals surface area contributed by atoms with Crippen LogP contribution >= 0.6 is 23.2 Å². The number of pyridine rings is 1. The smallest absolute Gasteiger partial charge is 0.258 e. The van der Waals surface area contributed by atoms with Crippen LogP contribution in [0.25, 0.3) is 0 Å². The van der Waals surface area contributed by atoms with Crippen LogP contribution in [0, 0.1) is 0 Å². The molecular weight excluding hydrogens is 263 g/mol. The van der Waals surface area contributed by atoms with Crippen LogP contribution in [0.2, 0.25) is 10.2 Å². The third-order valence-electron chi connectivity index (χ3n) is 1.86. The number of anilines is 1. The lowest BCUT2D eigenvalue weighted by Crippen LogP contribution is -2.13. The van der Waals surface area contributed by atoms with Crippen LogP contribution in [0.5, 0.6) is 0 Å². The van der Waals surface area contributed by atoms with Crippen LogP contribution in [0.1, 0.15) is 10.4 Å². The number of carbonyl (C=O) groups is 1. The number of nitrogens with one attached hydrogen (secondary N) is 1. The van der Waals surface area contributed by atoms with Gasteiger partial charge in [0, 0.05) is 18.6 Å². The number of carbonyl (C=O) groups excluding carboxylic acids is 1. The van der Waals surface area contributed by atoms with Crippen molar-refractivity contribution in [2.45, 2.75) is 0 Å². The highest BCUT2D eigenvalue weighted by Gasteiger charge is 2.09. The van der Waals surface area contributed by atoms with Crippen molar-refractivity contribution < 1.29 is 4.79 Å². The molecule has 0 aliphatic heterocycles. The van der Waals surface area contributed by atoms with E-state index >= 15 is 0 Å². The van der Waals surface area contributed by atoms with E-state index in [0.29, 0.717) is 11.4 Å². The molecule has 2 aromatic heterocycles. The fourth-order valence-electron chi connectivity index (χ4n) is 1.10. The van der Waals surface area contributed by atoms with Crippen molar-refractivity contribution in [2.24, 2.45) is 0 Å². The number of hydrogen-bond donors (Lipinski definition) is 1. The Morgan fingerprint density at radius 3 is 2.65 bits per heavy atom. The Morgan fingerprint density at radius 1 is 1.18 bits per heavy atom. The Labute approximate surface area is 107 Å². The van der Waals surface area contributed by atoms with Gasteiger partial charge in [-0.3, -0.25) is 9.78 Å². The van der Waals surface area contributed by atoms with Gasteiger partial charge in [-0.2, -0.15) is 0 Å². The predicted molar refractivity (Wildman–Crippen MR) is 64.2 cm³/mol. The van der Waals surface area contributed by atoms with Crippen LogP contribution in [-0.2, 0) is 0 Å². The van der Waals surface area contributed by atoms with E-state index in [1.54, 1.807) is 0 Å². The molecule has 7 heteroatoms. The van der Waals surface area contributed by atoms with E-state index in [-0.39, 0.29) is 16.1 Å². The van der Waals surface area contributed by atoms with Crippen molar-refractivity contribution in [1.82, 2.24) is 15.0 Å². The van der Waals surface area contributed by atoms with Gasteiger partial charge >= 0.3 is 0 Å². The Morgan fingerprint density at radius 2 is 2.00 bits per heavy atom. The number of nitrogens with zero attached hydrogens (tertiary/aromatic N) is 3. The van der Waals surface area contributed by atoms with Crippen LogP contribution in [-0.4, -0.2) is 20.9 Å². The molecule has 2 rings (SSSR count). The maximum absolute atomic E-state index is 11.8. The lowest BCUT2D eigenvalue weighted by molar-refractivity contribution is 0.102. The summed E-state index contributed by atoms with van der Waals surface area (Å²) in [5.41, 5.74) is 0.296. The fraction of sp³-hybridized carbons (Fsp3) is 0. The van der Waals surface area contributed by atoms with Gasteiger partial charge in [0.15, 0.2) is 5.82 Å². The zero-order valence-corrected chi connectivity index (χ0v) is 9.90. The summed E-state index contributed by atoms with van der Waals surface area (Å²) in [6.45, 7) is 0. The van der Waals surface area contributed by atoms with Gasteiger partial charge in [-0.05, 0) is 6.07 Å². The third-order valence-corrected chi connectivity index (χ3v) is 2.55. The predicted octanol–water partition coefficient (Wildman–Crippen LogP) is 2.43. The van der Waals surface area contributed by atoms with E-state index < -0.39 is 0 Å². The molecule has 0 radical (unpaired) electrons. The molecule has 2 heterocycles. The van der Waals surface area contributed by atoms with Crippen LogP contribution in [0.4, 0.5) is 5.82 Å².